The predicted molar refractivity (Wildman–Crippen MR) is 124 cm³/mol. The highest BCUT2D eigenvalue weighted by Crippen LogP contribution is 2.45. The Morgan fingerprint density at radius 3 is 2.72 bits per heavy atom. The highest BCUT2D eigenvalue weighted by Gasteiger charge is 2.35. The van der Waals surface area contributed by atoms with Crippen LogP contribution in [-0.4, -0.2) is 16.8 Å². The second-order valence-electron chi connectivity index (χ2n) is 7.17. The van der Waals surface area contributed by atoms with Crippen LogP contribution < -0.4 is 19.9 Å². The van der Waals surface area contributed by atoms with E-state index in [0.717, 1.165) is 26.0 Å². The summed E-state index contributed by atoms with van der Waals surface area (Å²) < 4.78 is 31.4. The molecule has 32 heavy (non-hydrogen) atoms. The smallest absolute Gasteiger partial charge is 0.244 e. The van der Waals surface area contributed by atoms with E-state index in [1.807, 2.05) is 26.0 Å². The van der Waals surface area contributed by atoms with Crippen LogP contribution in [0.1, 0.15) is 35.2 Å². The zero-order valence-corrected chi connectivity index (χ0v) is 19.6. The van der Waals surface area contributed by atoms with Crippen LogP contribution in [0, 0.1) is 27.6 Å². The van der Waals surface area contributed by atoms with Crippen LogP contribution in [0.2, 0.25) is 0 Å². The second-order valence-corrected chi connectivity index (χ2v) is 8.33. The van der Waals surface area contributed by atoms with Crippen LogP contribution >= 0.6 is 22.6 Å². The number of aryl methyl sites for hydroxylation is 1. The Morgan fingerprint density at radius 1 is 1.28 bits per heavy atom. The van der Waals surface area contributed by atoms with E-state index in [9.17, 15) is 9.65 Å². The number of halogens is 2. The molecular weight excluding hydrogens is 526 g/mol. The van der Waals surface area contributed by atoms with Crippen molar-refractivity contribution in [2.75, 3.05) is 6.61 Å². The van der Waals surface area contributed by atoms with Gasteiger partial charge in [-0.05, 0) is 71.8 Å². The lowest BCUT2D eigenvalue weighted by Gasteiger charge is -2.25. The third kappa shape index (κ3) is 4.10. The minimum atomic E-state index is -0.457. The summed E-state index contributed by atoms with van der Waals surface area (Å²) in [5.74, 6) is 0.749. The average molecular weight is 546 g/mol. The van der Waals surface area contributed by atoms with Crippen molar-refractivity contribution < 1.29 is 18.6 Å². The highest BCUT2D eigenvalue weighted by atomic mass is 127. The molecule has 164 valence electrons. The maximum Gasteiger partial charge on any atom is 0.244 e. The summed E-state index contributed by atoms with van der Waals surface area (Å²) in [7, 11) is 0. The van der Waals surface area contributed by atoms with Gasteiger partial charge in [0.25, 0.3) is 0 Å². The molecule has 2 heterocycles. The first kappa shape index (κ1) is 22.0. The number of benzene rings is 2. The monoisotopic (exact) mass is 546 g/mol. The quantitative estimate of drug-likeness (QED) is 0.436. The van der Waals surface area contributed by atoms with Gasteiger partial charge in [-0.1, -0.05) is 12.1 Å². The normalized spacial score (nSPS) is 15.0. The number of ether oxygens (including phenoxy) is 3. The predicted octanol–water partition coefficient (Wildman–Crippen LogP) is 4.66. The van der Waals surface area contributed by atoms with Gasteiger partial charge >= 0.3 is 0 Å². The average Bonchev–Trinajstić information content (AvgIpc) is 3.13. The zero-order valence-electron chi connectivity index (χ0n) is 17.4. The van der Waals surface area contributed by atoms with Crippen molar-refractivity contribution >= 4 is 22.6 Å². The van der Waals surface area contributed by atoms with Crippen molar-refractivity contribution in [1.82, 2.24) is 10.2 Å². The molecule has 2 aromatic carbocycles. The molecule has 0 fully saturated rings. The first-order valence-corrected chi connectivity index (χ1v) is 11.0. The van der Waals surface area contributed by atoms with E-state index in [0.29, 0.717) is 29.6 Å². The lowest BCUT2D eigenvalue weighted by atomic mass is 9.84. The van der Waals surface area contributed by atoms with Gasteiger partial charge < -0.3 is 19.9 Å². The fourth-order valence-corrected chi connectivity index (χ4v) is 4.41. The number of rotatable bonds is 6. The number of aromatic nitrogens is 2. The number of nitrogens with one attached hydrogen (secondary N) is 1. The fraction of sp³-hybridized carbons (Fsp3) is 0.217. The maximum absolute atomic E-state index is 13.2. The molecular formula is C23H20FIN4O3. The Kier molecular flexibility index (Phi) is 6.23. The van der Waals surface area contributed by atoms with Crippen molar-refractivity contribution in [3.05, 3.63) is 79.6 Å². The van der Waals surface area contributed by atoms with E-state index in [2.05, 4.69) is 38.9 Å². The third-order valence-corrected chi connectivity index (χ3v) is 5.89. The number of nitriles is 1. The van der Waals surface area contributed by atoms with Gasteiger partial charge in [-0.15, -0.1) is 5.10 Å². The molecule has 1 aliphatic rings. The van der Waals surface area contributed by atoms with Crippen LogP contribution in [0.15, 0.2) is 47.9 Å². The van der Waals surface area contributed by atoms with Crippen LogP contribution in [0.4, 0.5) is 4.39 Å². The van der Waals surface area contributed by atoms with Gasteiger partial charge in [0.05, 0.1) is 16.1 Å². The van der Waals surface area contributed by atoms with Gasteiger partial charge in [0.1, 0.15) is 24.1 Å². The summed E-state index contributed by atoms with van der Waals surface area (Å²) in [5, 5.41) is 16.9. The molecule has 0 spiro atoms. The van der Waals surface area contributed by atoms with Crippen molar-refractivity contribution in [3.63, 3.8) is 0 Å². The summed E-state index contributed by atoms with van der Waals surface area (Å²) in [4.78, 5) is 0. The second kappa shape index (κ2) is 9.08. The van der Waals surface area contributed by atoms with Crippen molar-refractivity contribution in [1.29, 1.82) is 5.26 Å². The maximum atomic E-state index is 13.2. The van der Waals surface area contributed by atoms with Gasteiger partial charge in [-0.2, -0.15) is 5.26 Å². The molecule has 4 rings (SSSR count). The lowest BCUT2D eigenvalue weighted by Crippen LogP contribution is -2.21. The molecule has 0 aliphatic carbocycles. The topological polar surface area (TPSA) is 106 Å². The number of nitrogens with two attached hydrogens (primary N) is 1. The number of H-pyrrole nitrogens is 1. The molecule has 0 bridgehead atoms. The first-order chi connectivity index (χ1) is 15.4. The molecule has 0 radical (unpaired) electrons. The van der Waals surface area contributed by atoms with Crippen molar-refractivity contribution in [2.45, 2.75) is 26.4 Å². The van der Waals surface area contributed by atoms with E-state index >= 15 is 0 Å². The van der Waals surface area contributed by atoms with Gasteiger partial charge in [-0.3, -0.25) is 5.10 Å². The lowest BCUT2D eigenvalue weighted by molar-refractivity contribution is 0.267. The highest BCUT2D eigenvalue weighted by molar-refractivity contribution is 14.1. The summed E-state index contributed by atoms with van der Waals surface area (Å²) in [6.07, 6.45) is 0. The van der Waals surface area contributed by atoms with Crippen LogP contribution in [0.5, 0.6) is 17.4 Å². The van der Waals surface area contributed by atoms with Crippen LogP contribution in [-0.2, 0) is 6.61 Å². The molecule has 0 amide bonds. The minimum absolute atomic E-state index is 0.0288. The van der Waals surface area contributed by atoms with E-state index in [-0.39, 0.29) is 18.3 Å². The summed E-state index contributed by atoms with van der Waals surface area (Å²) >= 11 is 2.18. The Hall–Kier alpha value is -3.26. The number of aromatic amines is 1. The molecule has 3 aromatic rings. The Labute approximate surface area is 198 Å². The SMILES string of the molecule is CCOc1cc([C@@H]2C(C#N)=C(N)Oc3n[nH]c(C)c32)cc(I)c1OCc1ccc(F)cc1. The van der Waals surface area contributed by atoms with Crippen LogP contribution in [0.3, 0.4) is 0 Å². The first-order valence-electron chi connectivity index (χ1n) is 9.88. The fourth-order valence-electron chi connectivity index (χ4n) is 3.63. The molecule has 1 aromatic heterocycles. The number of fused-ring (bicyclic) bond motifs is 1. The zero-order chi connectivity index (χ0) is 22.8. The van der Waals surface area contributed by atoms with Crippen molar-refractivity contribution in [3.8, 4) is 23.4 Å². The van der Waals surface area contributed by atoms with Gasteiger partial charge in [0, 0.05) is 11.3 Å². The standard InChI is InChI=1S/C23H20FIN4O3/c1-3-30-18-9-14(8-17(25)21(18)31-11-13-4-6-15(24)7-5-13)20-16(10-26)22(27)32-23-19(20)12(2)28-29-23/h4-9,20H,3,11,27H2,1-2H3,(H,28,29)/t20-/m1/s1. The van der Waals surface area contributed by atoms with Gasteiger partial charge in [0.15, 0.2) is 11.5 Å². The third-order valence-electron chi connectivity index (χ3n) is 5.09. The molecule has 9 heteroatoms. The molecule has 1 aliphatic heterocycles. The van der Waals surface area contributed by atoms with Crippen molar-refractivity contribution in [2.24, 2.45) is 5.73 Å². The molecule has 3 N–H and O–H groups in total. The molecule has 7 nitrogen and oxygen atoms in total. The number of hydrogen-bond donors (Lipinski definition) is 2. The molecule has 1 atom stereocenters. The van der Waals surface area contributed by atoms with E-state index in [1.165, 1.54) is 12.1 Å². The Bertz CT molecular complexity index is 1230. The minimum Gasteiger partial charge on any atom is -0.490 e. The van der Waals surface area contributed by atoms with Gasteiger partial charge in [-0.25, -0.2) is 4.39 Å². The summed E-state index contributed by atoms with van der Waals surface area (Å²) in [6, 6.07) is 12.1. The van der Waals surface area contributed by atoms with E-state index < -0.39 is 5.92 Å². The van der Waals surface area contributed by atoms with E-state index in [4.69, 9.17) is 19.9 Å². The van der Waals surface area contributed by atoms with E-state index in [1.54, 1.807) is 12.1 Å². The summed E-state index contributed by atoms with van der Waals surface area (Å²) in [6.45, 7) is 4.44. The number of hydrogen-bond acceptors (Lipinski definition) is 6. The largest absolute Gasteiger partial charge is 0.490 e. The Balaban J connectivity index is 1.75. The van der Waals surface area contributed by atoms with Gasteiger partial charge in [0.2, 0.25) is 11.8 Å². The van der Waals surface area contributed by atoms with Crippen LogP contribution in [0.25, 0.3) is 0 Å². The summed E-state index contributed by atoms with van der Waals surface area (Å²) in [5.41, 5.74) is 9.51. The molecule has 0 unspecified atom stereocenters. The molecule has 0 saturated carbocycles. The molecule has 0 saturated heterocycles. The number of allylic oxidation sites excluding steroid dienone is 1. The Morgan fingerprint density at radius 2 is 2.03 bits per heavy atom. The number of nitrogens with zero attached hydrogens (tertiary/aromatic N) is 2.